The van der Waals surface area contributed by atoms with Gasteiger partial charge in [-0.05, 0) is 43.7 Å². The third-order valence-electron chi connectivity index (χ3n) is 3.59. The van der Waals surface area contributed by atoms with Crippen molar-refractivity contribution in [3.63, 3.8) is 0 Å². The van der Waals surface area contributed by atoms with Gasteiger partial charge in [0.25, 0.3) is 0 Å². The fourth-order valence-electron chi connectivity index (χ4n) is 2.08. The molecule has 0 aliphatic rings. The third kappa shape index (κ3) is 5.51. The van der Waals surface area contributed by atoms with Gasteiger partial charge < -0.3 is 15.8 Å². The number of hydrogen-bond donors (Lipinski definition) is 2. The molecule has 1 atom stereocenters. The predicted octanol–water partition coefficient (Wildman–Crippen LogP) is 3.55. The van der Waals surface area contributed by atoms with E-state index >= 15 is 0 Å². The lowest BCUT2D eigenvalue weighted by Gasteiger charge is -2.24. The minimum absolute atomic E-state index is 0. The maximum atomic E-state index is 12.3. The van der Waals surface area contributed by atoms with Crippen LogP contribution in [0.3, 0.4) is 0 Å². The van der Waals surface area contributed by atoms with Crippen LogP contribution in [0.2, 0.25) is 0 Å². The van der Waals surface area contributed by atoms with Crippen LogP contribution in [0.15, 0.2) is 53.0 Å². The minimum Gasteiger partial charge on any atom is -0.492 e. The Balaban J connectivity index is 0.00000288. The highest BCUT2D eigenvalue weighted by Gasteiger charge is 2.30. The quantitative estimate of drug-likeness (QED) is 0.712. The van der Waals surface area contributed by atoms with Crippen molar-refractivity contribution in [1.29, 1.82) is 0 Å². The van der Waals surface area contributed by atoms with Gasteiger partial charge >= 0.3 is 0 Å². The Labute approximate surface area is 157 Å². The maximum absolute atomic E-state index is 12.3. The van der Waals surface area contributed by atoms with Crippen LogP contribution in [0.5, 0.6) is 5.75 Å². The molecule has 0 heterocycles. The molecule has 0 fully saturated rings. The smallest absolute Gasteiger partial charge is 0.244 e. The molecule has 1 amide bonds. The lowest BCUT2D eigenvalue weighted by molar-refractivity contribution is -0.126. The molecule has 0 bridgehead atoms. The molecule has 0 radical (unpaired) electrons. The molecule has 130 valence electrons. The molecule has 0 spiro atoms. The number of aryl methyl sites for hydroxylation is 1. The van der Waals surface area contributed by atoms with E-state index in [-0.39, 0.29) is 18.3 Å². The first-order valence-electron chi connectivity index (χ1n) is 7.42. The van der Waals surface area contributed by atoms with Gasteiger partial charge in [-0.1, -0.05) is 45.8 Å². The third-order valence-corrected chi connectivity index (χ3v) is 4.12. The number of carbonyl (C=O) groups is 1. The second kappa shape index (κ2) is 9.06. The number of amides is 1. The molecule has 0 saturated carbocycles. The first kappa shape index (κ1) is 20.5. The van der Waals surface area contributed by atoms with Crippen molar-refractivity contribution < 1.29 is 9.53 Å². The Morgan fingerprint density at radius 1 is 1.17 bits per heavy atom. The summed E-state index contributed by atoms with van der Waals surface area (Å²) in [6.45, 7) is 4.52. The van der Waals surface area contributed by atoms with E-state index in [2.05, 4.69) is 21.2 Å². The van der Waals surface area contributed by atoms with E-state index in [9.17, 15) is 4.79 Å². The van der Waals surface area contributed by atoms with Crippen LogP contribution in [-0.2, 0) is 10.3 Å². The van der Waals surface area contributed by atoms with Crippen molar-refractivity contribution >= 4 is 34.2 Å². The normalized spacial score (nSPS) is 12.7. The molecular weight excluding hydrogens is 392 g/mol. The van der Waals surface area contributed by atoms with Gasteiger partial charge in [0.1, 0.15) is 17.9 Å². The zero-order valence-electron chi connectivity index (χ0n) is 13.7. The van der Waals surface area contributed by atoms with Crippen LogP contribution < -0.4 is 15.8 Å². The molecule has 6 heteroatoms. The van der Waals surface area contributed by atoms with E-state index in [1.54, 1.807) is 6.92 Å². The Morgan fingerprint density at radius 2 is 1.75 bits per heavy atom. The highest BCUT2D eigenvalue weighted by molar-refractivity contribution is 9.10. The van der Waals surface area contributed by atoms with Crippen LogP contribution in [0.1, 0.15) is 18.1 Å². The second-order valence-electron chi connectivity index (χ2n) is 5.63. The van der Waals surface area contributed by atoms with Crippen LogP contribution in [0.25, 0.3) is 0 Å². The number of rotatable bonds is 6. The lowest BCUT2D eigenvalue weighted by atomic mass is 9.92. The summed E-state index contributed by atoms with van der Waals surface area (Å²) in [5.74, 6) is 0.556. The maximum Gasteiger partial charge on any atom is 0.244 e. The number of nitrogens with two attached hydrogens (primary N) is 1. The summed E-state index contributed by atoms with van der Waals surface area (Å²) >= 11 is 3.37. The van der Waals surface area contributed by atoms with E-state index in [4.69, 9.17) is 10.5 Å². The molecule has 0 saturated heterocycles. The molecule has 0 aliphatic carbocycles. The summed E-state index contributed by atoms with van der Waals surface area (Å²) in [4.78, 5) is 12.3. The lowest BCUT2D eigenvalue weighted by Crippen LogP contribution is -2.49. The molecular formula is C18H22BrClN2O2. The number of ether oxygens (including phenoxy) is 1. The molecule has 3 N–H and O–H groups in total. The van der Waals surface area contributed by atoms with Gasteiger partial charge in [0, 0.05) is 4.47 Å². The first-order valence-corrected chi connectivity index (χ1v) is 8.21. The van der Waals surface area contributed by atoms with Gasteiger partial charge in [-0.2, -0.15) is 0 Å². The van der Waals surface area contributed by atoms with Gasteiger partial charge in [-0.25, -0.2) is 0 Å². The highest BCUT2D eigenvalue weighted by atomic mass is 79.9. The van der Waals surface area contributed by atoms with Crippen LogP contribution >= 0.6 is 28.3 Å². The average Bonchev–Trinajstić information content (AvgIpc) is 2.53. The number of benzene rings is 2. The Kier molecular flexibility index (Phi) is 7.73. The number of carbonyl (C=O) groups excluding carboxylic acids is 1. The van der Waals surface area contributed by atoms with Crippen molar-refractivity contribution in [2.24, 2.45) is 5.73 Å². The zero-order valence-corrected chi connectivity index (χ0v) is 16.1. The van der Waals surface area contributed by atoms with E-state index in [1.165, 1.54) is 5.56 Å². The van der Waals surface area contributed by atoms with Gasteiger partial charge in [0.2, 0.25) is 5.91 Å². The summed E-state index contributed by atoms with van der Waals surface area (Å²) in [5, 5.41) is 2.82. The average molecular weight is 414 g/mol. The number of hydrogen-bond acceptors (Lipinski definition) is 3. The number of halogens is 2. The Morgan fingerprint density at radius 3 is 2.33 bits per heavy atom. The van der Waals surface area contributed by atoms with E-state index in [0.29, 0.717) is 13.2 Å². The van der Waals surface area contributed by atoms with Gasteiger partial charge in [0.15, 0.2) is 0 Å². The van der Waals surface area contributed by atoms with Gasteiger partial charge in [0.05, 0.1) is 6.54 Å². The van der Waals surface area contributed by atoms with Crippen LogP contribution in [0.4, 0.5) is 0 Å². The molecule has 0 aromatic heterocycles. The standard InChI is InChI=1S/C18H21BrN2O2.ClH/c1-13-3-9-16(10-4-13)23-12-11-21-17(22)18(2,20)14-5-7-15(19)8-6-14;/h3-10H,11-12,20H2,1-2H3,(H,21,22);1H. The van der Waals surface area contributed by atoms with Crippen LogP contribution in [0, 0.1) is 6.92 Å². The van der Waals surface area contributed by atoms with E-state index < -0.39 is 5.54 Å². The summed E-state index contributed by atoms with van der Waals surface area (Å²) < 4.78 is 6.53. The molecule has 24 heavy (non-hydrogen) atoms. The minimum atomic E-state index is -1.08. The highest BCUT2D eigenvalue weighted by Crippen LogP contribution is 2.20. The Hall–Kier alpha value is -1.56. The zero-order chi connectivity index (χ0) is 16.9. The van der Waals surface area contributed by atoms with Crippen molar-refractivity contribution in [1.82, 2.24) is 5.32 Å². The van der Waals surface area contributed by atoms with Crippen molar-refractivity contribution in [2.45, 2.75) is 19.4 Å². The largest absolute Gasteiger partial charge is 0.492 e. The van der Waals surface area contributed by atoms with Gasteiger partial charge in [-0.15, -0.1) is 12.4 Å². The monoisotopic (exact) mass is 412 g/mol. The molecule has 2 rings (SSSR count). The topological polar surface area (TPSA) is 64.3 Å². The summed E-state index contributed by atoms with van der Waals surface area (Å²) in [6, 6.07) is 15.2. The van der Waals surface area contributed by atoms with Crippen molar-refractivity contribution in [3.05, 3.63) is 64.1 Å². The molecule has 2 aromatic carbocycles. The van der Waals surface area contributed by atoms with Crippen molar-refractivity contribution in [3.8, 4) is 5.75 Å². The van der Waals surface area contributed by atoms with E-state index in [0.717, 1.165) is 15.8 Å². The molecule has 0 aliphatic heterocycles. The van der Waals surface area contributed by atoms with E-state index in [1.807, 2.05) is 55.5 Å². The summed E-state index contributed by atoms with van der Waals surface area (Å²) in [5.41, 5.74) is 7.04. The fraction of sp³-hybridized carbons (Fsp3) is 0.278. The molecule has 1 unspecified atom stereocenters. The first-order chi connectivity index (χ1) is 10.9. The summed E-state index contributed by atoms with van der Waals surface area (Å²) in [7, 11) is 0. The molecule has 4 nitrogen and oxygen atoms in total. The Bertz CT molecular complexity index is 658. The van der Waals surface area contributed by atoms with Crippen molar-refractivity contribution in [2.75, 3.05) is 13.2 Å². The van der Waals surface area contributed by atoms with Crippen LogP contribution in [-0.4, -0.2) is 19.1 Å². The fourth-order valence-corrected chi connectivity index (χ4v) is 2.34. The number of nitrogens with one attached hydrogen (secondary N) is 1. The SMILES string of the molecule is Cc1ccc(OCCNC(=O)C(C)(N)c2ccc(Br)cc2)cc1.Cl. The summed E-state index contributed by atoms with van der Waals surface area (Å²) in [6.07, 6.45) is 0. The second-order valence-corrected chi connectivity index (χ2v) is 6.54. The predicted molar refractivity (Wildman–Crippen MR) is 103 cm³/mol. The van der Waals surface area contributed by atoms with Gasteiger partial charge in [-0.3, -0.25) is 4.79 Å². The molecule has 2 aromatic rings.